The van der Waals surface area contributed by atoms with Crippen molar-refractivity contribution < 1.29 is 22.3 Å². The highest BCUT2D eigenvalue weighted by molar-refractivity contribution is 6.74. The molecule has 1 aromatic rings. The van der Waals surface area contributed by atoms with Crippen LogP contribution >= 0.6 is 0 Å². The van der Waals surface area contributed by atoms with Gasteiger partial charge in [0.05, 0.1) is 12.2 Å². The molecule has 0 aliphatic carbocycles. The lowest BCUT2D eigenvalue weighted by Gasteiger charge is -2.36. The van der Waals surface area contributed by atoms with E-state index < -0.39 is 20.1 Å². The second-order valence-corrected chi connectivity index (χ2v) is 11.3. The molecule has 1 rings (SSSR count). The summed E-state index contributed by atoms with van der Waals surface area (Å²) in [4.78, 5) is 0. The molecule has 0 heterocycles. The van der Waals surface area contributed by atoms with Gasteiger partial charge in [0, 0.05) is 0 Å². The Labute approximate surface area is 125 Å². The Kier molecular flexibility index (Phi) is 5.49. The molecule has 2 nitrogen and oxygen atoms in total. The van der Waals surface area contributed by atoms with Crippen LogP contribution in [-0.4, -0.2) is 21.5 Å². The average Bonchev–Trinajstić information content (AvgIpc) is 2.33. The van der Waals surface area contributed by atoms with Crippen LogP contribution in [0.1, 0.15) is 26.3 Å². The first-order chi connectivity index (χ1) is 9.43. The van der Waals surface area contributed by atoms with E-state index in [1.807, 2.05) is 0 Å². The lowest BCUT2D eigenvalue weighted by molar-refractivity contribution is -0.137. The maximum absolute atomic E-state index is 12.4. The Morgan fingerprint density at radius 3 is 1.90 bits per heavy atom. The molecule has 0 aliphatic heterocycles. The van der Waals surface area contributed by atoms with Crippen molar-refractivity contribution in [2.75, 3.05) is 13.2 Å². The Morgan fingerprint density at radius 2 is 1.48 bits per heavy atom. The van der Waals surface area contributed by atoms with E-state index in [-0.39, 0.29) is 5.04 Å². The summed E-state index contributed by atoms with van der Waals surface area (Å²) in [7, 11) is -1.81. The lowest BCUT2D eigenvalue weighted by Crippen LogP contribution is -2.41. The molecular formula is C15H23F3O2Si. The first kappa shape index (κ1) is 18.0. The summed E-state index contributed by atoms with van der Waals surface area (Å²) in [5.41, 5.74) is -0.674. The normalized spacial score (nSPS) is 13.3. The SMILES string of the molecule is CC(C)(C)[Si](C)(C)OCCOc1ccc(C(F)(F)F)cc1. The molecule has 0 bridgehead atoms. The first-order valence-electron chi connectivity index (χ1n) is 6.87. The molecule has 0 radical (unpaired) electrons. The van der Waals surface area contributed by atoms with Crippen LogP contribution < -0.4 is 4.74 Å². The molecule has 0 atom stereocenters. The highest BCUT2D eigenvalue weighted by Crippen LogP contribution is 2.36. The van der Waals surface area contributed by atoms with Gasteiger partial charge in [0.15, 0.2) is 8.32 Å². The summed E-state index contributed by atoms with van der Waals surface area (Å²) < 4.78 is 48.6. The molecule has 21 heavy (non-hydrogen) atoms. The quantitative estimate of drug-likeness (QED) is 0.555. The number of hydrogen-bond acceptors (Lipinski definition) is 2. The van der Waals surface area contributed by atoms with E-state index in [4.69, 9.17) is 9.16 Å². The number of halogens is 3. The molecule has 120 valence electrons. The van der Waals surface area contributed by atoms with E-state index >= 15 is 0 Å². The molecule has 0 saturated heterocycles. The molecule has 1 aromatic carbocycles. The van der Waals surface area contributed by atoms with Crippen molar-refractivity contribution >= 4 is 8.32 Å². The Morgan fingerprint density at radius 1 is 0.952 bits per heavy atom. The lowest BCUT2D eigenvalue weighted by atomic mass is 10.2. The number of alkyl halides is 3. The summed E-state index contributed by atoms with van der Waals surface area (Å²) in [6.07, 6.45) is -4.32. The third kappa shape index (κ3) is 5.35. The molecule has 0 fully saturated rings. The molecule has 0 aromatic heterocycles. The molecule has 0 unspecified atom stereocenters. The predicted octanol–water partition coefficient (Wildman–Crippen LogP) is 5.11. The van der Waals surface area contributed by atoms with Crippen molar-refractivity contribution in [1.82, 2.24) is 0 Å². The zero-order chi connectivity index (χ0) is 16.3. The number of ether oxygens (including phenoxy) is 1. The van der Waals surface area contributed by atoms with Crippen LogP contribution in [0.15, 0.2) is 24.3 Å². The van der Waals surface area contributed by atoms with Crippen molar-refractivity contribution in [1.29, 1.82) is 0 Å². The van der Waals surface area contributed by atoms with Gasteiger partial charge in [-0.15, -0.1) is 0 Å². The minimum atomic E-state index is -4.32. The fourth-order valence-corrected chi connectivity index (χ4v) is 2.44. The molecule has 0 spiro atoms. The zero-order valence-corrected chi connectivity index (χ0v) is 14.2. The number of hydrogen-bond donors (Lipinski definition) is 0. The monoisotopic (exact) mass is 320 g/mol. The smallest absolute Gasteiger partial charge is 0.416 e. The third-order valence-corrected chi connectivity index (χ3v) is 8.34. The standard InChI is InChI=1S/C15H23F3O2Si/c1-14(2,3)21(4,5)20-11-10-19-13-8-6-12(7-9-13)15(16,17)18/h6-9H,10-11H2,1-5H3. The summed E-state index contributed by atoms with van der Waals surface area (Å²) in [6.45, 7) is 11.5. The highest BCUT2D eigenvalue weighted by Gasteiger charge is 2.36. The summed E-state index contributed by atoms with van der Waals surface area (Å²) in [5.74, 6) is 0.418. The Hall–Kier alpha value is -1.01. The van der Waals surface area contributed by atoms with E-state index in [1.54, 1.807) is 0 Å². The second kappa shape index (κ2) is 6.40. The van der Waals surface area contributed by atoms with Crippen LogP contribution in [0, 0.1) is 0 Å². The van der Waals surface area contributed by atoms with Crippen LogP contribution in [0.2, 0.25) is 18.1 Å². The fraction of sp³-hybridized carbons (Fsp3) is 0.600. The van der Waals surface area contributed by atoms with Crippen molar-refractivity contribution in [3.05, 3.63) is 29.8 Å². The van der Waals surface area contributed by atoms with Crippen molar-refractivity contribution in [2.45, 2.75) is 45.1 Å². The molecule has 0 saturated carbocycles. The molecular weight excluding hydrogens is 297 g/mol. The summed E-state index contributed by atoms with van der Waals surface area (Å²) in [5, 5.41) is 0.126. The summed E-state index contributed by atoms with van der Waals surface area (Å²) >= 11 is 0. The van der Waals surface area contributed by atoms with Gasteiger partial charge in [-0.25, -0.2) is 0 Å². The van der Waals surface area contributed by atoms with Crippen LogP contribution in [0.25, 0.3) is 0 Å². The van der Waals surface area contributed by atoms with Crippen molar-refractivity contribution in [3.8, 4) is 5.75 Å². The topological polar surface area (TPSA) is 18.5 Å². The predicted molar refractivity (Wildman–Crippen MR) is 80.1 cm³/mol. The molecule has 6 heteroatoms. The van der Waals surface area contributed by atoms with E-state index in [1.165, 1.54) is 12.1 Å². The Balaban J connectivity index is 2.44. The first-order valence-corrected chi connectivity index (χ1v) is 9.78. The van der Waals surface area contributed by atoms with E-state index in [2.05, 4.69) is 33.9 Å². The largest absolute Gasteiger partial charge is 0.491 e. The second-order valence-electron chi connectivity index (χ2n) is 6.48. The fourth-order valence-electron chi connectivity index (χ4n) is 1.41. The van der Waals surface area contributed by atoms with Gasteiger partial charge < -0.3 is 9.16 Å². The average molecular weight is 320 g/mol. The maximum atomic E-state index is 12.4. The summed E-state index contributed by atoms with van der Waals surface area (Å²) in [6, 6.07) is 4.69. The highest BCUT2D eigenvalue weighted by atomic mass is 28.4. The van der Waals surface area contributed by atoms with Gasteiger partial charge >= 0.3 is 6.18 Å². The van der Waals surface area contributed by atoms with Gasteiger partial charge in [-0.1, -0.05) is 20.8 Å². The molecule has 0 N–H and O–H groups in total. The number of rotatable bonds is 5. The van der Waals surface area contributed by atoms with E-state index in [9.17, 15) is 13.2 Å². The van der Waals surface area contributed by atoms with Gasteiger partial charge in [-0.2, -0.15) is 13.2 Å². The molecule has 0 aliphatic rings. The van der Waals surface area contributed by atoms with Gasteiger partial charge in [-0.05, 0) is 42.4 Å². The van der Waals surface area contributed by atoms with Crippen LogP contribution in [0.4, 0.5) is 13.2 Å². The number of benzene rings is 1. The molecule has 0 amide bonds. The van der Waals surface area contributed by atoms with Crippen molar-refractivity contribution in [2.24, 2.45) is 0 Å². The Bertz CT molecular complexity index is 447. The van der Waals surface area contributed by atoms with E-state index in [0.29, 0.717) is 19.0 Å². The van der Waals surface area contributed by atoms with Crippen LogP contribution in [0.5, 0.6) is 5.75 Å². The third-order valence-electron chi connectivity index (χ3n) is 3.80. The van der Waals surface area contributed by atoms with Crippen LogP contribution in [-0.2, 0) is 10.6 Å². The van der Waals surface area contributed by atoms with Gasteiger partial charge in [-0.3, -0.25) is 0 Å². The van der Waals surface area contributed by atoms with E-state index in [0.717, 1.165) is 12.1 Å². The van der Waals surface area contributed by atoms with Gasteiger partial charge in [0.1, 0.15) is 12.4 Å². The van der Waals surface area contributed by atoms with Gasteiger partial charge in [0.2, 0.25) is 0 Å². The van der Waals surface area contributed by atoms with Gasteiger partial charge in [0.25, 0.3) is 0 Å². The van der Waals surface area contributed by atoms with Crippen LogP contribution in [0.3, 0.4) is 0 Å². The minimum Gasteiger partial charge on any atom is -0.491 e. The maximum Gasteiger partial charge on any atom is 0.416 e. The minimum absolute atomic E-state index is 0.126. The van der Waals surface area contributed by atoms with Crippen molar-refractivity contribution in [3.63, 3.8) is 0 Å². The zero-order valence-electron chi connectivity index (χ0n) is 13.2.